The molecule has 5 nitrogen and oxygen atoms in total. The molecule has 0 aromatic heterocycles. The number of nitrogens with one attached hydrogen (secondary N) is 2. The average Bonchev–Trinajstić information content (AvgIpc) is 2.65. The molecule has 0 saturated carbocycles. The van der Waals surface area contributed by atoms with Crippen molar-refractivity contribution in [1.29, 1.82) is 0 Å². The Kier molecular flexibility index (Phi) is 7.35. The molecule has 2 rings (SSSR count). The SMILES string of the molecule is COc1ccc(NC(=S)NCCCN(C)c2ccccc2)cc1OC. The zero-order chi connectivity index (χ0) is 18.1. The van der Waals surface area contributed by atoms with E-state index in [9.17, 15) is 0 Å². The molecule has 0 heterocycles. The highest BCUT2D eigenvalue weighted by Crippen LogP contribution is 2.29. The first-order valence-electron chi connectivity index (χ1n) is 8.17. The van der Waals surface area contributed by atoms with Gasteiger partial charge in [-0.05, 0) is 42.9 Å². The fraction of sp³-hybridized carbons (Fsp3) is 0.316. The molecule has 0 aliphatic carbocycles. The molecule has 0 bridgehead atoms. The minimum Gasteiger partial charge on any atom is -0.493 e. The highest BCUT2D eigenvalue weighted by molar-refractivity contribution is 7.80. The van der Waals surface area contributed by atoms with E-state index in [0.717, 1.165) is 25.2 Å². The molecule has 0 fully saturated rings. The van der Waals surface area contributed by atoms with E-state index in [2.05, 4.69) is 34.7 Å². The summed E-state index contributed by atoms with van der Waals surface area (Å²) in [5, 5.41) is 6.98. The Labute approximate surface area is 154 Å². The number of anilines is 2. The highest BCUT2D eigenvalue weighted by atomic mass is 32.1. The zero-order valence-electron chi connectivity index (χ0n) is 14.9. The number of hydrogen-bond donors (Lipinski definition) is 2. The molecule has 0 spiro atoms. The van der Waals surface area contributed by atoms with Gasteiger partial charge >= 0.3 is 0 Å². The van der Waals surface area contributed by atoms with E-state index in [0.29, 0.717) is 16.6 Å². The van der Waals surface area contributed by atoms with Gasteiger partial charge < -0.3 is 25.0 Å². The van der Waals surface area contributed by atoms with E-state index in [-0.39, 0.29) is 0 Å². The van der Waals surface area contributed by atoms with Gasteiger partial charge in [-0.3, -0.25) is 0 Å². The van der Waals surface area contributed by atoms with Crippen LogP contribution in [0.2, 0.25) is 0 Å². The molecule has 25 heavy (non-hydrogen) atoms. The van der Waals surface area contributed by atoms with Gasteiger partial charge in [0.15, 0.2) is 16.6 Å². The van der Waals surface area contributed by atoms with Crippen molar-refractivity contribution in [3.05, 3.63) is 48.5 Å². The maximum atomic E-state index is 5.34. The Bertz CT molecular complexity index is 680. The third kappa shape index (κ3) is 5.83. The quantitative estimate of drug-likeness (QED) is 0.555. The van der Waals surface area contributed by atoms with E-state index in [1.807, 2.05) is 36.4 Å². The van der Waals surface area contributed by atoms with Crippen molar-refractivity contribution in [2.45, 2.75) is 6.42 Å². The predicted octanol–water partition coefficient (Wildman–Crippen LogP) is 3.52. The standard InChI is InChI=1S/C19H25N3O2S/c1-22(16-8-5-4-6-9-16)13-7-12-20-19(25)21-15-10-11-17(23-2)18(14-15)24-3/h4-6,8-11,14H,7,12-13H2,1-3H3,(H2,20,21,25). The van der Waals surface area contributed by atoms with E-state index in [4.69, 9.17) is 21.7 Å². The largest absolute Gasteiger partial charge is 0.493 e. The van der Waals surface area contributed by atoms with E-state index >= 15 is 0 Å². The summed E-state index contributed by atoms with van der Waals surface area (Å²) in [5.74, 6) is 1.36. The van der Waals surface area contributed by atoms with Crippen LogP contribution in [0.3, 0.4) is 0 Å². The second-order valence-corrected chi connectivity index (χ2v) is 5.97. The third-order valence-corrected chi connectivity index (χ3v) is 4.04. The van der Waals surface area contributed by atoms with Gasteiger partial charge in [0.1, 0.15) is 0 Å². The van der Waals surface area contributed by atoms with Crippen LogP contribution in [-0.2, 0) is 0 Å². The first kappa shape index (κ1) is 18.9. The molecule has 2 aromatic rings. The second-order valence-electron chi connectivity index (χ2n) is 5.56. The van der Waals surface area contributed by atoms with Crippen LogP contribution in [0.5, 0.6) is 11.5 Å². The molecule has 0 saturated heterocycles. The molecule has 2 N–H and O–H groups in total. The maximum Gasteiger partial charge on any atom is 0.170 e. The van der Waals surface area contributed by atoms with Crippen molar-refractivity contribution in [3.8, 4) is 11.5 Å². The van der Waals surface area contributed by atoms with Crippen LogP contribution >= 0.6 is 12.2 Å². The zero-order valence-corrected chi connectivity index (χ0v) is 15.7. The smallest absolute Gasteiger partial charge is 0.170 e. The Morgan fingerprint density at radius 3 is 2.44 bits per heavy atom. The minimum atomic E-state index is 0.592. The lowest BCUT2D eigenvalue weighted by molar-refractivity contribution is 0.355. The topological polar surface area (TPSA) is 45.8 Å². The minimum absolute atomic E-state index is 0.592. The molecule has 2 aromatic carbocycles. The molecule has 0 unspecified atom stereocenters. The fourth-order valence-electron chi connectivity index (χ4n) is 2.42. The number of benzene rings is 2. The van der Waals surface area contributed by atoms with E-state index in [1.165, 1.54) is 5.69 Å². The van der Waals surface area contributed by atoms with Gasteiger partial charge in [0.05, 0.1) is 14.2 Å². The van der Waals surface area contributed by atoms with Crippen LogP contribution in [0, 0.1) is 0 Å². The van der Waals surface area contributed by atoms with Crippen molar-refractivity contribution in [3.63, 3.8) is 0 Å². The summed E-state index contributed by atoms with van der Waals surface area (Å²) >= 11 is 5.34. The molecule has 0 radical (unpaired) electrons. The van der Waals surface area contributed by atoms with Crippen LogP contribution in [0.4, 0.5) is 11.4 Å². The average molecular weight is 359 g/mol. The summed E-state index contributed by atoms with van der Waals surface area (Å²) < 4.78 is 10.5. The molecular formula is C19H25N3O2S. The summed E-state index contributed by atoms with van der Waals surface area (Å²) in [6.45, 7) is 1.76. The summed E-state index contributed by atoms with van der Waals surface area (Å²) in [6, 6.07) is 15.9. The van der Waals surface area contributed by atoms with Crippen molar-refractivity contribution >= 4 is 28.7 Å². The van der Waals surface area contributed by atoms with Gasteiger partial charge in [0, 0.05) is 37.6 Å². The van der Waals surface area contributed by atoms with Gasteiger partial charge in [-0.1, -0.05) is 18.2 Å². The van der Waals surface area contributed by atoms with E-state index < -0.39 is 0 Å². The number of hydrogen-bond acceptors (Lipinski definition) is 4. The molecule has 0 amide bonds. The second kappa shape index (κ2) is 9.74. The van der Waals surface area contributed by atoms with Gasteiger partial charge in [0.2, 0.25) is 0 Å². The van der Waals surface area contributed by atoms with Crippen LogP contribution < -0.4 is 25.0 Å². The number of nitrogens with zero attached hydrogens (tertiary/aromatic N) is 1. The molecule has 134 valence electrons. The highest BCUT2D eigenvalue weighted by Gasteiger charge is 2.05. The summed E-state index contributed by atoms with van der Waals surface area (Å²) in [6.07, 6.45) is 0.985. The lowest BCUT2D eigenvalue weighted by Crippen LogP contribution is -2.31. The maximum absolute atomic E-state index is 5.34. The Balaban J connectivity index is 1.74. The van der Waals surface area contributed by atoms with Crippen LogP contribution in [0.15, 0.2) is 48.5 Å². The van der Waals surface area contributed by atoms with E-state index in [1.54, 1.807) is 14.2 Å². The molecule has 6 heteroatoms. The summed E-state index contributed by atoms with van der Waals surface area (Å²) in [5.41, 5.74) is 2.07. The first-order chi connectivity index (χ1) is 12.1. The number of methoxy groups -OCH3 is 2. The number of ether oxygens (including phenoxy) is 2. The first-order valence-corrected chi connectivity index (χ1v) is 8.58. The summed E-state index contributed by atoms with van der Waals surface area (Å²) in [4.78, 5) is 2.23. The van der Waals surface area contributed by atoms with Crippen LogP contribution in [0.25, 0.3) is 0 Å². The monoisotopic (exact) mass is 359 g/mol. The normalized spacial score (nSPS) is 10.0. The van der Waals surface area contributed by atoms with Gasteiger partial charge in [0.25, 0.3) is 0 Å². The molecule has 0 atom stereocenters. The molecular weight excluding hydrogens is 334 g/mol. The van der Waals surface area contributed by atoms with Gasteiger partial charge in [-0.25, -0.2) is 0 Å². The Morgan fingerprint density at radius 1 is 1.04 bits per heavy atom. The number of rotatable bonds is 8. The van der Waals surface area contributed by atoms with Crippen molar-refractivity contribution in [1.82, 2.24) is 5.32 Å². The van der Waals surface area contributed by atoms with Crippen molar-refractivity contribution in [2.75, 3.05) is 44.6 Å². The lowest BCUT2D eigenvalue weighted by atomic mass is 10.2. The van der Waals surface area contributed by atoms with Crippen LogP contribution in [-0.4, -0.2) is 39.5 Å². The third-order valence-electron chi connectivity index (χ3n) is 3.79. The van der Waals surface area contributed by atoms with Crippen LogP contribution in [0.1, 0.15) is 6.42 Å². The Morgan fingerprint density at radius 2 is 1.76 bits per heavy atom. The predicted molar refractivity (Wildman–Crippen MR) is 108 cm³/mol. The van der Waals surface area contributed by atoms with Crippen molar-refractivity contribution < 1.29 is 9.47 Å². The molecule has 0 aliphatic rings. The number of thiocarbonyl (C=S) groups is 1. The number of para-hydroxylation sites is 1. The van der Waals surface area contributed by atoms with Gasteiger partial charge in [-0.2, -0.15) is 0 Å². The Hall–Kier alpha value is -2.47. The molecule has 0 aliphatic heterocycles. The summed E-state index contributed by atoms with van der Waals surface area (Å²) in [7, 11) is 5.32. The fourth-order valence-corrected chi connectivity index (χ4v) is 2.64. The van der Waals surface area contributed by atoms with Gasteiger partial charge in [-0.15, -0.1) is 0 Å². The van der Waals surface area contributed by atoms with Crippen molar-refractivity contribution in [2.24, 2.45) is 0 Å². The lowest BCUT2D eigenvalue weighted by Gasteiger charge is -2.19.